The third-order valence-electron chi connectivity index (χ3n) is 19.4. The molecule has 0 amide bonds. The smallest absolute Gasteiger partial charge is 0.302 e. The van der Waals surface area contributed by atoms with E-state index in [-0.39, 0.29) is 70.0 Å². The summed E-state index contributed by atoms with van der Waals surface area (Å²) >= 11 is 0. The van der Waals surface area contributed by atoms with Gasteiger partial charge in [-0.05, 0) is 125 Å². The molecule has 6 aliphatic carbocycles. The van der Waals surface area contributed by atoms with Crippen LogP contribution in [-0.2, 0) is 16.0 Å². The number of carbonyl (C=O) groups excluding carboxylic acids is 1. The third kappa shape index (κ3) is 9.34. The van der Waals surface area contributed by atoms with Crippen molar-refractivity contribution in [2.75, 3.05) is 25.4 Å². The molecular weight excluding hydrogens is 935 g/mol. The molecule has 0 aromatic heterocycles. The summed E-state index contributed by atoms with van der Waals surface area (Å²) in [4.78, 5) is 18.6. The summed E-state index contributed by atoms with van der Waals surface area (Å²) in [5.41, 5.74) is 6.28. The first kappa shape index (κ1) is 49.8. The second-order valence-corrected chi connectivity index (χ2v) is 26.1. The maximum Gasteiger partial charge on any atom is 0.302 e. The summed E-state index contributed by atoms with van der Waals surface area (Å²) in [6.07, 6.45) is 18.6. The summed E-state index contributed by atoms with van der Waals surface area (Å²) in [5.74, 6) is 15.6. The highest BCUT2D eigenvalue weighted by atomic mass is 33.1. The minimum atomic E-state index is -1.93. The van der Waals surface area contributed by atoms with Crippen LogP contribution >= 0.6 is 21.6 Å². The highest BCUT2D eigenvalue weighted by molar-refractivity contribution is 8.77. The first-order valence-corrected chi connectivity index (χ1v) is 29.3. The van der Waals surface area contributed by atoms with E-state index in [0.717, 1.165) is 25.0 Å². The normalized spacial score (nSPS) is 42.5. The lowest BCUT2D eigenvalue weighted by atomic mass is 9.45. The van der Waals surface area contributed by atoms with Crippen molar-refractivity contribution in [3.8, 4) is 35.2 Å². The number of guanidine groups is 1. The number of aromatic hydroxyl groups is 1. The number of carbonyl (C=O) groups is 1. The van der Waals surface area contributed by atoms with Gasteiger partial charge in [-0.2, -0.15) is 0 Å². The Balaban J connectivity index is 1.11. The van der Waals surface area contributed by atoms with E-state index in [0.29, 0.717) is 81.5 Å². The van der Waals surface area contributed by atoms with Crippen LogP contribution in [-0.4, -0.2) is 110 Å². The SMILES string of the molecule is CC(=O)OC1CC(O)CCC23C#CC4CC5C#CC(CNCC6(C5)CC(CCN6)Oc5cc(c(C(O)O)cc5O)CC41)SSCC1(CC45CCCC4C=CC(C5)C14CCCC4)NC(N)=NC2C=CCC3O. The maximum absolute atomic E-state index is 13.2. The lowest BCUT2D eigenvalue weighted by Gasteiger charge is -2.63. The predicted molar refractivity (Wildman–Crippen MR) is 277 cm³/mol. The summed E-state index contributed by atoms with van der Waals surface area (Å²) in [6.45, 7) is 3.40. The zero-order valence-electron chi connectivity index (χ0n) is 41.3. The molecule has 10 N–H and O–H groups in total. The number of nitrogens with one attached hydrogen (secondary N) is 3. The van der Waals surface area contributed by atoms with Gasteiger partial charge in [-0.3, -0.25) is 4.79 Å². The predicted octanol–water partition coefficient (Wildman–Crippen LogP) is 5.93. The second kappa shape index (κ2) is 19.7. The van der Waals surface area contributed by atoms with Gasteiger partial charge in [0.1, 0.15) is 12.2 Å². The molecular formula is C56H75N5O8S2. The first-order valence-electron chi connectivity index (χ1n) is 26.9. The van der Waals surface area contributed by atoms with E-state index >= 15 is 0 Å². The minimum Gasteiger partial charge on any atom is -0.504 e. The van der Waals surface area contributed by atoms with E-state index in [4.69, 9.17) is 20.2 Å². The Labute approximate surface area is 427 Å². The number of allylic oxidation sites excluding steroid dienone is 2. The molecule has 15 atom stereocenters. The Kier molecular flexibility index (Phi) is 13.8. The number of aliphatic hydroxyl groups is 4. The Bertz CT molecular complexity index is 2420. The standard InChI is InChI=1S/C56H75N5O8S2/c1-34(62)68-46-25-40(63)14-20-54-19-13-36-22-35-9-12-42(30-58-32-53(27-35)29-41(15-21-59-53)69-47-24-37(23-43(36)46)44(50(66)67)26-45(47)64)71-70-33-56(61-51(57)60-48(54)7-4-8-49(54)65)31-52-16-5-6-38(52)10-11-39(28-52)55(56)17-2-3-18-55/h4,7,10-11,24,26,35-36,38-43,46,48-50,58-59,63-67H,2-3,5-6,8,14-18,20-23,25,27-33H2,1H3,(H3,57,60,61). The maximum atomic E-state index is 13.2. The Morgan fingerprint density at radius 1 is 0.986 bits per heavy atom. The van der Waals surface area contributed by atoms with Crippen LogP contribution in [0.1, 0.15) is 133 Å². The number of nitrogens with zero attached hydrogens (tertiary/aromatic N) is 1. The number of hydrogen-bond acceptors (Lipinski definition) is 15. The molecule has 4 fully saturated rings. The molecule has 4 aliphatic heterocycles. The fourth-order valence-corrected chi connectivity index (χ4v) is 18.9. The molecule has 15 unspecified atom stereocenters. The molecule has 3 saturated carbocycles. The van der Waals surface area contributed by atoms with E-state index in [1.54, 1.807) is 6.07 Å². The molecule has 10 aliphatic rings. The number of piperidine rings is 1. The summed E-state index contributed by atoms with van der Waals surface area (Å²) in [6, 6.07) is 2.41. The van der Waals surface area contributed by atoms with E-state index in [2.05, 4.69) is 57.9 Å². The van der Waals surface area contributed by atoms with Crippen molar-refractivity contribution >= 4 is 33.5 Å². The number of aliphatic imine (C=N–C) groups is 1. The zero-order chi connectivity index (χ0) is 49.2. The molecule has 11 rings (SSSR count). The van der Waals surface area contributed by atoms with E-state index in [1.165, 1.54) is 51.5 Å². The zero-order valence-corrected chi connectivity index (χ0v) is 42.9. The molecule has 4 heterocycles. The van der Waals surface area contributed by atoms with Gasteiger partial charge in [0.05, 0.1) is 34.5 Å². The highest BCUT2D eigenvalue weighted by Gasteiger charge is 2.66. The fraction of sp³-hybridized carbons (Fsp3) is 0.714. The van der Waals surface area contributed by atoms with Gasteiger partial charge < -0.3 is 56.7 Å². The van der Waals surface area contributed by atoms with Crippen LogP contribution in [0.5, 0.6) is 11.5 Å². The van der Waals surface area contributed by atoms with Crippen LogP contribution in [0.25, 0.3) is 0 Å². The first-order chi connectivity index (χ1) is 34.2. The molecule has 5 spiro atoms. The average molecular weight is 1010 g/mol. The summed E-state index contributed by atoms with van der Waals surface area (Å²) in [5, 5.41) is 69.7. The van der Waals surface area contributed by atoms with Crippen molar-refractivity contribution in [2.24, 2.45) is 56.6 Å². The van der Waals surface area contributed by atoms with E-state index < -0.39 is 59.4 Å². The van der Waals surface area contributed by atoms with Gasteiger partial charge in [0.2, 0.25) is 0 Å². The number of phenolic OH excluding ortho intramolecular Hbond substituents is 1. The van der Waals surface area contributed by atoms with Gasteiger partial charge in [-0.15, -0.1) is 0 Å². The van der Waals surface area contributed by atoms with Crippen LogP contribution in [0.4, 0.5) is 0 Å². The quantitative estimate of drug-likeness (QED) is 0.0554. The third-order valence-corrected chi connectivity index (χ3v) is 22.1. The van der Waals surface area contributed by atoms with Crippen molar-refractivity contribution in [3.05, 3.63) is 47.6 Å². The van der Waals surface area contributed by atoms with E-state index in [9.17, 15) is 30.3 Å². The largest absolute Gasteiger partial charge is 0.504 e. The van der Waals surface area contributed by atoms with Gasteiger partial charge in [0.25, 0.3) is 0 Å². The Morgan fingerprint density at radius 3 is 2.66 bits per heavy atom. The highest BCUT2D eigenvalue weighted by Crippen LogP contribution is 2.69. The minimum absolute atomic E-state index is 0.00389. The van der Waals surface area contributed by atoms with Crippen LogP contribution in [0.3, 0.4) is 0 Å². The molecule has 384 valence electrons. The average Bonchev–Trinajstić information content (AvgIpc) is 4.00. The fourth-order valence-electron chi connectivity index (χ4n) is 16.1. The van der Waals surface area contributed by atoms with Gasteiger partial charge >= 0.3 is 5.97 Å². The van der Waals surface area contributed by atoms with Crippen LogP contribution in [0.15, 0.2) is 41.4 Å². The number of phenols is 1. The molecule has 13 nitrogen and oxygen atoms in total. The number of rotatable bonds is 2. The van der Waals surface area contributed by atoms with Crippen LogP contribution in [0, 0.1) is 69.5 Å². The Morgan fingerprint density at radius 2 is 1.83 bits per heavy atom. The van der Waals surface area contributed by atoms with Crippen LogP contribution < -0.4 is 26.4 Å². The number of aliphatic hydroxyl groups excluding tert-OH is 3. The molecule has 1 aromatic carbocycles. The van der Waals surface area contributed by atoms with Gasteiger partial charge in [0, 0.05) is 72.9 Å². The van der Waals surface area contributed by atoms with Crippen molar-refractivity contribution < 1.29 is 39.8 Å². The van der Waals surface area contributed by atoms with Crippen molar-refractivity contribution in [1.82, 2.24) is 16.0 Å². The molecule has 1 aromatic rings. The molecule has 71 heavy (non-hydrogen) atoms. The molecule has 10 bridgehead atoms. The van der Waals surface area contributed by atoms with Gasteiger partial charge in [-0.1, -0.05) is 88.8 Å². The molecule has 1 saturated heterocycles. The number of fused-ring (bicyclic) bond motifs is 7. The molecule has 0 radical (unpaired) electrons. The lowest BCUT2D eigenvalue weighted by molar-refractivity contribution is -0.152. The number of ether oxygens (including phenoxy) is 2. The lowest BCUT2D eigenvalue weighted by Crippen LogP contribution is -2.70. The number of hydrogen-bond donors (Lipinski definition) is 9. The topological polar surface area (TPSA) is 211 Å². The van der Waals surface area contributed by atoms with E-state index in [1.807, 2.05) is 27.7 Å². The van der Waals surface area contributed by atoms with Crippen molar-refractivity contribution in [1.29, 1.82) is 0 Å². The number of benzene rings is 1. The summed E-state index contributed by atoms with van der Waals surface area (Å²) < 4.78 is 13.0. The monoisotopic (exact) mass is 1010 g/mol. The summed E-state index contributed by atoms with van der Waals surface area (Å²) in [7, 11) is 3.79. The number of nitrogens with two attached hydrogens (primary N) is 1. The van der Waals surface area contributed by atoms with Gasteiger partial charge in [-0.25, -0.2) is 4.99 Å². The molecule has 15 heteroatoms. The van der Waals surface area contributed by atoms with Gasteiger partial charge in [0.15, 0.2) is 23.7 Å². The van der Waals surface area contributed by atoms with Crippen LogP contribution in [0.2, 0.25) is 0 Å². The van der Waals surface area contributed by atoms with Crippen molar-refractivity contribution in [3.63, 3.8) is 0 Å². The second-order valence-electron chi connectivity index (χ2n) is 23.5. The Hall–Kier alpha value is -3.38. The van der Waals surface area contributed by atoms with Crippen molar-refractivity contribution in [2.45, 2.75) is 176 Å². The number of esters is 1.